The van der Waals surface area contributed by atoms with Gasteiger partial charge in [0.1, 0.15) is 0 Å². The number of amides is 1. The Bertz CT molecular complexity index is 577. The van der Waals surface area contributed by atoms with Crippen LogP contribution in [0.5, 0.6) is 0 Å². The molecule has 2 rings (SSSR count). The number of rotatable bonds is 6. The molecule has 1 heterocycles. The van der Waals surface area contributed by atoms with Crippen molar-refractivity contribution in [1.82, 2.24) is 10.3 Å². The molecular formula is C16H23N3OS. The maximum Gasteiger partial charge on any atom is 0.237 e. The average Bonchev–Trinajstić information content (AvgIpc) is 2.87. The molecule has 3 atom stereocenters. The fourth-order valence-electron chi connectivity index (χ4n) is 2.17. The van der Waals surface area contributed by atoms with Gasteiger partial charge >= 0.3 is 0 Å². The highest BCUT2D eigenvalue weighted by Gasteiger charge is 2.21. The number of fused-ring (bicyclic) bond motifs is 1. The zero-order chi connectivity index (χ0) is 15.4. The molecule has 5 heteroatoms. The number of carbonyl (C=O) groups is 1. The van der Waals surface area contributed by atoms with Crippen LogP contribution in [0.15, 0.2) is 24.3 Å². The Morgan fingerprint density at radius 1 is 1.38 bits per heavy atom. The monoisotopic (exact) mass is 305 g/mol. The molecule has 3 N–H and O–H groups in total. The zero-order valence-electron chi connectivity index (χ0n) is 12.8. The third-order valence-corrected chi connectivity index (χ3v) is 4.83. The second-order valence-electron chi connectivity index (χ2n) is 5.60. The van der Waals surface area contributed by atoms with Crippen molar-refractivity contribution in [3.05, 3.63) is 29.3 Å². The van der Waals surface area contributed by atoms with Crippen LogP contribution >= 0.6 is 11.3 Å². The van der Waals surface area contributed by atoms with Gasteiger partial charge in [0.05, 0.1) is 21.3 Å². The fraction of sp³-hybridized carbons (Fsp3) is 0.500. The lowest BCUT2D eigenvalue weighted by molar-refractivity contribution is -0.124. The van der Waals surface area contributed by atoms with Crippen molar-refractivity contribution in [3.8, 4) is 0 Å². The number of hydrogen-bond donors (Lipinski definition) is 2. The number of aromatic nitrogens is 1. The third kappa shape index (κ3) is 4.02. The highest BCUT2D eigenvalue weighted by Crippen LogP contribution is 2.22. The molecule has 0 saturated carbocycles. The smallest absolute Gasteiger partial charge is 0.237 e. The standard InChI is InChI=1S/C16H23N3OS/c1-4-10(2)15(17)16(20)18-11(3)9-14-19-12-7-5-6-8-13(12)21-14/h5-8,10-11,15H,4,9,17H2,1-3H3,(H,18,20). The number of hydrogen-bond acceptors (Lipinski definition) is 4. The van der Waals surface area contributed by atoms with Gasteiger partial charge in [0.15, 0.2) is 0 Å². The minimum Gasteiger partial charge on any atom is -0.352 e. The molecule has 3 unspecified atom stereocenters. The van der Waals surface area contributed by atoms with E-state index in [1.165, 1.54) is 4.70 Å². The summed E-state index contributed by atoms with van der Waals surface area (Å²) in [6.07, 6.45) is 1.64. The summed E-state index contributed by atoms with van der Waals surface area (Å²) in [5.74, 6) is 0.123. The summed E-state index contributed by atoms with van der Waals surface area (Å²) in [6.45, 7) is 6.04. The number of para-hydroxylation sites is 1. The van der Waals surface area contributed by atoms with Gasteiger partial charge in [-0.3, -0.25) is 4.79 Å². The summed E-state index contributed by atoms with van der Waals surface area (Å²) < 4.78 is 1.18. The number of nitrogens with one attached hydrogen (secondary N) is 1. The largest absolute Gasteiger partial charge is 0.352 e. The quantitative estimate of drug-likeness (QED) is 0.862. The van der Waals surface area contributed by atoms with E-state index < -0.39 is 6.04 Å². The first-order chi connectivity index (χ1) is 10.0. The van der Waals surface area contributed by atoms with E-state index in [1.807, 2.05) is 39.0 Å². The van der Waals surface area contributed by atoms with Crippen LogP contribution in [0, 0.1) is 5.92 Å². The van der Waals surface area contributed by atoms with Crippen molar-refractivity contribution in [3.63, 3.8) is 0 Å². The fourth-order valence-corrected chi connectivity index (χ4v) is 3.27. The van der Waals surface area contributed by atoms with Crippen LogP contribution in [0.25, 0.3) is 10.2 Å². The summed E-state index contributed by atoms with van der Waals surface area (Å²) in [5, 5.41) is 4.03. The SMILES string of the molecule is CCC(C)C(N)C(=O)NC(C)Cc1nc2ccccc2s1. The van der Waals surface area contributed by atoms with Gasteiger partial charge in [-0.05, 0) is 25.0 Å². The minimum absolute atomic E-state index is 0.0353. The van der Waals surface area contributed by atoms with Crippen LogP contribution in [-0.2, 0) is 11.2 Å². The number of carbonyl (C=O) groups excluding carboxylic acids is 1. The Balaban J connectivity index is 1.95. The molecule has 1 amide bonds. The van der Waals surface area contributed by atoms with Crippen molar-refractivity contribution in [1.29, 1.82) is 0 Å². The summed E-state index contributed by atoms with van der Waals surface area (Å²) in [4.78, 5) is 16.7. The first kappa shape index (κ1) is 15.9. The normalized spacial score (nSPS) is 15.6. The summed E-state index contributed by atoms with van der Waals surface area (Å²) in [7, 11) is 0. The molecule has 0 aliphatic rings. The van der Waals surface area contributed by atoms with Gasteiger partial charge in [-0.15, -0.1) is 11.3 Å². The lowest BCUT2D eigenvalue weighted by Gasteiger charge is -2.20. The van der Waals surface area contributed by atoms with Gasteiger partial charge in [0.2, 0.25) is 5.91 Å². The van der Waals surface area contributed by atoms with Gasteiger partial charge < -0.3 is 11.1 Å². The van der Waals surface area contributed by atoms with E-state index in [4.69, 9.17) is 5.73 Å². The van der Waals surface area contributed by atoms with Crippen molar-refractivity contribution in [2.24, 2.45) is 11.7 Å². The van der Waals surface area contributed by atoms with E-state index in [0.717, 1.165) is 23.4 Å². The Kier molecular flexibility index (Phi) is 5.31. The molecule has 1 aromatic heterocycles. The molecule has 21 heavy (non-hydrogen) atoms. The second kappa shape index (κ2) is 7.00. The van der Waals surface area contributed by atoms with E-state index >= 15 is 0 Å². The molecule has 0 spiro atoms. The zero-order valence-corrected chi connectivity index (χ0v) is 13.6. The average molecular weight is 305 g/mol. The van der Waals surface area contributed by atoms with Gasteiger partial charge in [-0.1, -0.05) is 32.4 Å². The number of thiazole rings is 1. The molecule has 0 bridgehead atoms. The van der Waals surface area contributed by atoms with Gasteiger partial charge in [-0.25, -0.2) is 4.98 Å². The van der Waals surface area contributed by atoms with Crippen LogP contribution in [0.1, 0.15) is 32.2 Å². The predicted molar refractivity (Wildman–Crippen MR) is 88.4 cm³/mol. The lowest BCUT2D eigenvalue weighted by Crippen LogP contribution is -2.48. The van der Waals surface area contributed by atoms with Crippen molar-refractivity contribution in [2.45, 2.75) is 45.7 Å². The second-order valence-corrected chi connectivity index (χ2v) is 6.72. The number of nitrogens with zero attached hydrogens (tertiary/aromatic N) is 1. The van der Waals surface area contributed by atoms with Gasteiger partial charge in [0.25, 0.3) is 0 Å². The summed E-state index contributed by atoms with van der Waals surface area (Å²) in [6, 6.07) is 7.68. The molecule has 0 aliphatic carbocycles. The van der Waals surface area contributed by atoms with Crippen LogP contribution in [-0.4, -0.2) is 23.0 Å². The molecule has 0 aliphatic heterocycles. The van der Waals surface area contributed by atoms with Crippen LogP contribution < -0.4 is 11.1 Å². The van der Waals surface area contributed by atoms with E-state index in [0.29, 0.717) is 0 Å². The van der Waals surface area contributed by atoms with Crippen molar-refractivity contribution < 1.29 is 4.79 Å². The van der Waals surface area contributed by atoms with E-state index in [9.17, 15) is 4.79 Å². The highest BCUT2D eigenvalue weighted by molar-refractivity contribution is 7.18. The molecule has 0 radical (unpaired) electrons. The molecule has 0 fully saturated rings. The Hall–Kier alpha value is -1.46. The first-order valence-electron chi connectivity index (χ1n) is 7.41. The number of nitrogens with two attached hydrogens (primary N) is 1. The number of benzene rings is 1. The van der Waals surface area contributed by atoms with Gasteiger partial charge in [-0.2, -0.15) is 0 Å². The van der Waals surface area contributed by atoms with E-state index in [1.54, 1.807) is 11.3 Å². The van der Waals surface area contributed by atoms with Crippen LogP contribution in [0.3, 0.4) is 0 Å². The van der Waals surface area contributed by atoms with Crippen molar-refractivity contribution >= 4 is 27.5 Å². The Morgan fingerprint density at radius 3 is 2.76 bits per heavy atom. The van der Waals surface area contributed by atoms with E-state index in [-0.39, 0.29) is 17.9 Å². The minimum atomic E-state index is -0.437. The topological polar surface area (TPSA) is 68.0 Å². The van der Waals surface area contributed by atoms with Gasteiger partial charge in [0, 0.05) is 12.5 Å². The van der Waals surface area contributed by atoms with E-state index in [2.05, 4.69) is 16.4 Å². The molecule has 4 nitrogen and oxygen atoms in total. The lowest BCUT2D eigenvalue weighted by atomic mass is 9.99. The maximum atomic E-state index is 12.1. The Morgan fingerprint density at radius 2 is 2.10 bits per heavy atom. The first-order valence-corrected chi connectivity index (χ1v) is 8.23. The molecule has 114 valence electrons. The molecular weight excluding hydrogens is 282 g/mol. The van der Waals surface area contributed by atoms with Crippen LogP contribution in [0.2, 0.25) is 0 Å². The van der Waals surface area contributed by atoms with Crippen LogP contribution in [0.4, 0.5) is 0 Å². The highest BCUT2D eigenvalue weighted by atomic mass is 32.1. The third-order valence-electron chi connectivity index (χ3n) is 3.77. The predicted octanol–water partition coefficient (Wildman–Crippen LogP) is 2.72. The molecule has 1 aromatic carbocycles. The summed E-state index contributed by atoms with van der Waals surface area (Å²) in [5.41, 5.74) is 6.97. The molecule has 0 saturated heterocycles. The summed E-state index contributed by atoms with van der Waals surface area (Å²) >= 11 is 1.68. The molecule has 2 aromatic rings. The van der Waals surface area contributed by atoms with Crippen molar-refractivity contribution in [2.75, 3.05) is 0 Å². The maximum absolute atomic E-state index is 12.1. The Labute approximate surface area is 129 Å².